The lowest BCUT2D eigenvalue weighted by Gasteiger charge is -2.30. The van der Waals surface area contributed by atoms with Crippen LogP contribution in [0.25, 0.3) is 0 Å². The molecule has 1 aliphatic carbocycles. The van der Waals surface area contributed by atoms with Crippen LogP contribution in [0.5, 0.6) is 0 Å². The third kappa shape index (κ3) is 3.47. The fraction of sp³-hybridized carbons (Fsp3) is 0.625. The number of hydrogen-bond acceptors (Lipinski definition) is 2. The molecule has 19 heavy (non-hydrogen) atoms. The fourth-order valence-corrected chi connectivity index (χ4v) is 2.62. The van der Waals surface area contributed by atoms with Crippen molar-refractivity contribution in [2.45, 2.75) is 58.2 Å². The summed E-state index contributed by atoms with van der Waals surface area (Å²) in [7, 11) is 2.08. The Kier molecular flexibility index (Phi) is 4.81. The van der Waals surface area contributed by atoms with Crippen LogP contribution in [-0.2, 0) is 6.54 Å². The Balaban J connectivity index is 2.19. The fourth-order valence-electron chi connectivity index (χ4n) is 2.62. The number of benzene rings is 1. The van der Waals surface area contributed by atoms with Crippen molar-refractivity contribution in [1.82, 2.24) is 5.32 Å². The highest BCUT2D eigenvalue weighted by molar-refractivity contribution is 5.54. The summed E-state index contributed by atoms with van der Waals surface area (Å²) in [6.45, 7) is 5.01. The van der Waals surface area contributed by atoms with Crippen LogP contribution in [0.4, 0.5) is 10.1 Å². The lowest BCUT2D eigenvalue weighted by molar-refractivity contribution is 0.566. The van der Waals surface area contributed by atoms with Crippen LogP contribution in [0.15, 0.2) is 18.2 Å². The molecule has 0 saturated heterocycles. The molecule has 0 radical (unpaired) electrons. The average molecular weight is 264 g/mol. The monoisotopic (exact) mass is 264 g/mol. The Labute approximate surface area is 116 Å². The number of halogens is 1. The maximum Gasteiger partial charge on any atom is 0.129 e. The van der Waals surface area contributed by atoms with E-state index in [4.69, 9.17) is 0 Å². The van der Waals surface area contributed by atoms with Gasteiger partial charge < -0.3 is 10.2 Å². The molecule has 0 bridgehead atoms. The van der Waals surface area contributed by atoms with Gasteiger partial charge in [0, 0.05) is 36.9 Å². The Hall–Kier alpha value is -1.09. The minimum Gasteiger partial charge on any atom is -0.371 e. The summed E-state index contributed by atoms with van der Waals surface area (Å²) in [6, 6.07) is 6.48. The number of hydrogen-bond donors (Lipinski definition) is 1. The van der Waals surface area contributed by atoms with E-state index in [-0.39, 0.29) is 5.82 Å². The molecule has 3 heteroatoms. The molecule has 0 atom stereocenters. The van der Waals surface area contributed by atoms with Crippen molar-refractivity contribution >= 4 is 5.69 Å². The normalized spacial score (nSPS) is 15.0. The van der Waals surface area contributed by atoms with Gasteiger partial charge in [0.2, 0.25) is 0 Å². The molecule has 0 aromatic heterocycles. The van der Waals surface area contributed by atoms with Crippen molar-refractivity contribution in [2.24, 2.45) is 0 Å². The van der Waals surface area contributed by atoms with E-state index in [1.165, 1.54) is 12.8 Å². The first-order valence-electron chi connectivity index (χ1n) is 7.41. The number of nitrogens with zero attached hydrogens (tertiary/aromatic N) is 1. The van der Waals surface area contributed by atoms with Gasteiger partial charge in [-0.1, -0.05) is 19.9 Å². The van der Waals surface area contributed by atoms with E-state index in [2.05, 4.69) is 31.1 Å². The van der Waals surface area contributed by atoms with Gasteiger partial charge in [0.15, 0.2) is 0 Å². The Morgan fingerprint density at radius 3 is 2.58 bits per heavy atom. The first kappa shape index (κ1) is 14.3. The first-order chi connectivity index (χ1) is 9.17. The van der Waals surface area contributed by atoms with Crippen LogP contribution in [0.2, 0.25) is 0 Å². The van der Waals surface area contributed by atoms with Gasteiger partial charge in [0.05, 0.1) is 0 Å². The van der Waals surface area contributed by atoms with Gasteiger partial charge in [0.25, 0.3) is 0 Å². The summed E-state index contributed by atoms with van der Waals surface area (Å²) in [5.74, 6) is -0.0940. The number of anilines is 1. The second-order valence-electron chi connectivity index (χ2n) is 5.47. The van der Waals surface area contributed by atoms with E-state index in [9.17, 15) is 4.39 Å². The summed E-state index contributed by atoms with van der Waals surface area (Å²) in [5, 5.41) is 3.42. The molecule has 1 aliphatic rings. The molecule has 2 nitrogen and oxygen atoms in total. The third-order valence-corrected chi connectivity index (χ3v) is 4.11. The van der Waals surface area contributed by atoms with E-state index in [1.54, 1.807) is 6.07 Å². The van der Waals surface area contributed by atoms with Gasteiger partial charge in [-0.25, -0.2) is 4.39 Å². The van der Waals surface area contributed by atoms with E-state index >= 15 is 0 Å². The minimum atomic E-state index is -0.0940. The molecule has 0 aliphatic heterocycles. The summed E-state index contributed by atoms with van der Waals surface area (Å²) in [6.07, 6.45) is 4.62. The van der Waals surface area contributed by atoms with Crippen LogP contribution in [0.1, 0.15) is 45.1 Å². The van der Waals surface area contributed by atoms with Crippen molar-refractivity contribution < 1.29 is 4.39 Å². The molecule has 1 N–H and O–H groups in total. The SMILES string of the molecule is CCC(CC)N(C)c1cccc(F)c1CNC1CC1. The van der Waals surface area contributed by atoms with Crippen molar-refractivity contribution in [2.75, 3.05) is 11.9 Å². The molecule has 0 heterocycles. The van der Waals surface area contributed by atoms with Gasteiger partial charge in [-0.3, -0.25) is 0 Å². The van der Waals surface area contributed by atoms with Gasteiger partial charge in [0.1, 0.15) is 5.82 Å². The van der Waals surface area contributed by atoms with Gasteiger partial charge >= 0.3 is 0 Å². The van der Waals surface area contributed by atoms with Gasteiger partial charge in [-0.05, 0) is 37.8 Å². The molecule has 0 spiro atoms. The molecule has 1 saturated carbocycles. The zero-order chi connectivity index (χ0) is 13.8. The quantitative estimate of drug-likeness (QED) is 0.807. The maximum absolute atomic E-state index is 14.1. The largest absolute Gasteiger partial charge is 0.371 e. The molecule has 0 unspecified atom stereocenters. The summed E-state index contributed by atoms with van der Waals surface area (Å²) in [5.41, 5.74) is 1.84. The lowest BCUT2D eigenvalue weighted by Crippen LogP contribution is -2.32. The number of nitrogens with one attached hydrogen (secondary N) is 1. The Bertz CT molecular complexity index is 411. The van der Waals surface area contributed by atoms with Crippen molar-refractivity contribution in [3.05, 3.63) is 29.6 Å². The molecule has 106 valence electrons. The zero-order valence-corrected chi connectivity index (χ0v) is 12.2. The molecular formula is C16H25FN2. The van der Waals surface area contributed by atoms with E-state index in [1.807, 2.05) is 12.1 Å². The third-order valence-electron chi connectivity index (χ3n) is 4.11. The minimum absolute atomic E-state index is 0.0940. The van der Waals surface area contributed by atoms with Crippen LogP contribution in [0, 0.1) is 5.82 Å². The molecule has 1 fully saturated rings. The first-order valence-corrected chi connectivity index (χ1v) is 7.41. The summed E-state index contributed by atoms with van der Waals surface area (Å²) < 4.78 is 14.1. The Morgan fingerprint density at radius 2 is 2.00 bits per heavy atom. The highest BCUT2D eigenvalue weighted by Crippen LogP contribution is 2.27. The highest BCUT2D eigenvalue weighted by Gasteiger charge is 2.22. The summed E-state index contributed by atoms with van der Waals surface area (Å²) >= 11 is 0. The van der Waals surface area contributed by atoms with Crippen LogP contribution in [0.3, 0.4) is 0 Å². The van der Waals surface area contributed by atoms with Crippen LogP contribution in [-0.4, -0.2) is 19.1 Å². The van der Waals surface area contributed by atoms with Crippen LogP contribution >= 0.6 is 0 Å². The number of rotatable bonds is 7. The highest BCUT2D eigenvalue weighted by atomic mass is 19.1. The predicted octanol–water partition coefficient (Wildman–Crippen LogP) is 3.70. The zero-order valence-electron chi connectivity index (χ0n) is 12.2. The van der Waals surface area contributed by atoms with Crippen molar-refractivity contribution in [1.29, 1.82) is 0 Å². The lowest BCUT2D eigenvalue weighted by atomic mass is 10.1. The molecule has 0 amide bonds. The van der Waals surface area contributed by atoms with Crippen LogP contribution < -0.4 is 10.2 Å². The molecule has 2 rings (SSSR count). The van der Waals surface area contributed by atoms with Crippen molar-refractivity contribution in [3.8, 4) is 0 Å². The molecule has 1 aromatic rings. The smallest absolute Gasteiger partial charge is 0.129 e. The standard InChI is InChI=1S/C16H25FN2/c1-4-13(5-2)19(3)16-8-6-7-15(17)14(16)11-18-12-9-10-12/h6-8,12-13,18H,4-5,9-11H2,1-3H3. The van der Waals surface area contributed by atoms with Gasteiger partial charge in [-0.2, -0.15) is 0 Å². The second-order valence-corrected chi connectivity index (χ2v) is 5.47. The second kappa shape index (κ2) is 6.38. The van der Waals surface area contributed by atoms with E-state index in [0.717, 1.165) is 24.1 Å². The summed E-state index contributed by atoms with van der Waals surface area (Å²) in [4.78, 5) is 2.23. The molecular weight excluding hydrogens is 239 g/mol. The Morgan fingerprint density at radius 1 is 1.32 bits per heavy atom. The predicted molar refractivity (Wildman–Crippen MR) is 79.0 cm³/mol. The molecule has 1 aromatic carbocycles. The van der Waals surface area contributed by atoms with Crippen molar-refractivity contribution in [3.63, 3.8) is 0 Å². The van der Waals surface area contributed by atoms with Gasteiger partial charge in [-0.15, -0.1) is 0 Å². The average Bonchev–Trinajstić information content (AvgIpc) is 3.22. The topological polar surface area (TPSA) is 15.3 Å². The maximum atomic E-state index is 14.1. The van der Waals surface area contributed by atoms with E-state index in [0.29, 0.717) is 18.6 Å². The van der Waals surface area contributed by atoms with E-state index < -0.39 is 0 Å².